The van der Waals surface area contributed by atoms with Crippen molar-refractivity contribution in [2.24, 2.45) is 0 Å². The Hall–Kier alpha value is -1.23. The van der Waals surface area contributed by atoms with Crippen LogP contribution in [0.1, 0.15) is 22.8 Å². The van der Waals surface area contributed by atoms with Crippen LogP contribution in [0.4, 0.5) is 13.2 Å². The molecule has 2 nitrogen and oxygen atoms in total. The molecule has 1 atom stereocenters. The van der Waals surface area contributed by atoms with Crippen LogP contribution in [0.15, 0.2) is 12.1 Å². The van der Waals surface area contributed by atoms with E-state index in [9.17, 15) is 18.3 Å². The van der Waals surface area contributed by atoms with Crippen molar-refractivity contribution in [1.29, 1.82) is 0 Å². The summed E-state index contributed by atoms with van der Waals surface area (Å²) >= 11 is 0. The van der Waals surface area contributed by atoms with Crippen LogP contribution >= 0.6 is 0 Å². The van der Waals surface area contributed by atoms with Gasteiger partial charge in [-0.2, -0.15) is 13.2 Å². The van der Waals surface area contributed by atoms with Gasteiger partial charge in [-0.1, -0.05) is 0 Å². The molecule has 0 heterocycles. The van der Waals surface area contributed by atoms with Gasteiger partial charge in [0, 0.05) is 5.56 Å². The lowest BCUT2D eigenvalue weighted by Crippen LogP contribution is -2.21. The number of halogens is 3. The zero-order valence-electron chi connectivity index (χ0n) is 9.22. The summed E-state index contributed by atoms with van der Waals surface area (Å²) in [6, 6.07) is 2.78. The first-order valence-corrected chi connectivity index (χ1v) is 4.67. The average Bonchev–Trinajstić information content (AvgIpc) is 2.19. The van der Waals surface area contributed by atoms with Crippen molar-refractivity contribution in [2.75, 3.05) is 7.11 Å². The van der Waals surface area contributed by atoms with Crippen molar-refractivity contribution in [3.63, 3.8) is 0 Å². The van der Waals surface area contributed by atoms with Crippen molar-refractivity contribution < 1.29 is 23.0 Å². The average molecular weight is 234 g/mol. The Kier molecular flexibility index (Phi) is 3.48. The number of benzene rings is 1. The molecule has 1 rings (SSSR count). The SMILES string of the molecule is COc1cc(C)c(C)cc1[C@@H](O)C(F)(F)F. The third-order valence-corrected chi connectivity index (χ3v) is 2.45. The normalized spacial score (nSPS) is 13.7. The predicted molar refractivity (Wildman–Crippen MR) is 53.5 cm³/mol. The molecule has 0 radical (unpaired) electrons. The molecule has 0 aliphatic heterocycles. The van der Waals surface area contributed by atoms with Gasteiger partial charge in [-0.15, -0.1) is 0 Å². The summed E-state index contributed by atoms with van der Waals surface area (Å²) in [6.07, 6.45) is -7.20. The van der Waals surface area contributed by atoms with Gasteiger partial charge in [0.15, 0.2) is 6.10 Å². The van der Waals surface area contributed by atoms with E-state index in [0.29, 0.717) is 5.56 Å². The summed E-state index contributed by atoms with van der Waals surface area (Å²) < 4.78 is 42.0. The van der Waals surface area contributed by atoms with E-state index in [1.807, 2.05) is 0 Å². The van der Waals surface area contributed by atoms with Gasteiger partial charge < -0.3 is 9.84 Å². The van der Waals surface area contributed by atoms with E-state index in [1.54, 1.807) is 13.8 Å². The van der Waals surface area contributed by atoms with Crippen LogP contribution in [0, 0.1) is 13.8 Å². The lowest BCUT2D eigenvalue weighted by atomic mass is 10.0. The molecule has 0 bridgehead atoms. The molecule has 0 aliphatic rings. The zero-order chi connectivity index (χ0) is 12.5. The van der Waals surface area contributed by atoms with Gasteiger partial charge in [0.05, 0.1) is 7.11 Å². The number of alkyl halides is 3. The first-order chi connectivity index (χ1) is 7.27. The molecule has 0 spiro atoms. The molecular formula is C11H13F3O2. The van der Waals surface area contributed by atoms with Gasteiger partial charge in [-0.3, -0.25) is 0 Å². The maximum atomic E-state index is 12.4. The Balaban J connectivity index is 3.27. The van der Waals surface area contributed by atoms with Gasteiger partial charge in [0.1, 0.15) is 5.75 Å². The van der Waals surface area contributed by atoms with Crippen molar-refractivity contribution in [1.82, 2.24) is 0 Å². The monoisotopic (exact) mass is 234 g/mol. The maximum absolute atomic E-state index is 12.4. The highest BCUT2D eigenvalue weighted by molar-refractivity contribution is 5.43. The largest absolute Gasteiger partial charge is 0.496 e. The molecule has 0 saturated carbocycles. The van der Waals surface area contributed by atoms with Crippen LogP contribution in [-0.4, -0.2) is 18.4 Å². The molecule has 90 valence electrons. The van der Waals surface area contributed by atoms with Gasteiger partial charge in [-0.05, 0) is 37.1 Å². The lowest BCUT2D eigenvalue weighted by Gasteiger charge is -2.19. The van der Waals surface area contributed by atoms with Crippen molar-refractivity contribution in [3.8, 4) is 5.75 Å². The third kappa shape index (κ3) is 2.47. The minimum absolute atomic E-state index is 0.0490. The summed E-state index contributed by atoms with van der Waals surface area (Å²) in [6.45, 7) is 3.45. The zero-order valence-corrected chi connectivity index (χ0v) is 9.22. The highest BCUT2D eigenvalue weighted by atomic mass is 19.4. The van der Waals surface area contributed by atoms with Gasteiger partial charge in [0.2, 0.25) is 0 Å². The van der Waals surface area contributed by atoms with Crippen LogP contribution in [0.5, 0.6) is 5.75 Å². The number of hydrogen-bond donors (Lipinski definition) is 1. The molecule has 0 aromatic heterocycles. The van der Waals surface area contributed by atoms with E-state index in [-0.39, 0.29) is 11.3 Å². The molecule has 1 aromatic carbocycles. The van der Waals surface area contributed by atoms with E-state index in [2.05, 4.69) is 0 Å². The molecular weight excluding hydrogens is 221 g/mol. The van der Waals surface area contributed by atoms with E-state index < -0.39 is 12.3 Å². The van der Waals surface area contributed by atoms with E-state index in [0.717, 1.165) is 5.56 Å². The summed E-state index contributed by atoms with van der Waals surface area (Å²) in [5.74, 6) is 0.0490. The second-order valence-corrected chi connectivity index (χ2v) is 3.62. The molecule has 0 saturated heterocycles. The summed E-state index contributed by atoms with van der Waals surface area (Å²) in [4.78, 5) is 0. The van der Waals surface area contributed by atoms with Crippen LogP contribution in [0.3, 0.4) is 0 Å². The topological polar surface area (TPSA) is 29.5 Å². The second-order valence-electron chi connectivity index (χ2n) is 3.62. The highest BCUT2D eigenvalue weighted by Gasteiger charge is 2.41. The van der Waals surface area contributed by atoms with Crippen molar-refractivity contribution >= 4 is 0 Å². The number of hydrogen-bond acceptors (Lipinski definition) is 2. The van der Waals surface area contributed by atoms with Crippen molar-refractivity contribution in [3.05, 3.63) is 28.8 Å². The fourth-order valence-electron chi connectivity index (χ4n) is 1.38. The van der Waals surface area contributed by atoms with Crippen LogP contribution in [-0.2, 0) is 0 Å². The molecule has 1 aromatic rings. The molecule has 5 heteroatoms. The number of rotatable bonds is 2. The van der Waals surface area contributed by atoms with Crippen molar-refractivity contribution in [2.45, 2.75) is 26.1 Å². The standard InChI is InChI=1S/C11H13F3O2/c1-6-4-8(10(15)11(12,13)14)9(16-3)5-7(6)2/h4-5,10,15H,1-3H3/t10-/m1/s1. The summed E-state index contributed by atoms with van der Waals surface area (Å²) in [7, 11) is 1.27. The number of aliphatic hydroxyl groups is 1. The molecule has 0 amide bonds. The smallest absolute Gasteiger partial charge is 0.418 e. The Labute approximate surface area is 91.7 Å². The molecule has 1 N–H and O–H groups in total. The van der Waals surface area contributed by atoms with Crippen LogP contribution in [0.2, 0.25) is 0 Å². The van der Waals surface area contributed by atoms with Gasteiger partial charge >= 0.3 is 6.18 Å². The first-order valence-electron chi connectivity index (χ1n) is 4.67. The summed E-state index contributed by atoms with van der Waals surface area (Å²) in [5, 5.41) is 9.18. The molecule has 16 heavy (non-hydrogen) atoms. The van der Waals surface area contributed by atoms with E-state index in [4.69, 9.17) is 4.74 Å². The Bertz CT molecular complexity index is 386. The Morgan fingerprint density at radius 2 is 1.69 bits per heavy atom. The van der Waals surface area contributed by atoms with Gasteiger partial charge in [0.25, 0.3) is 0 Å². The minimum atomic E-state index is -4.69. The molecule has 0 unspecified atom stereocenters. The Morgan fingerprint density at radius 3 is 2.12 bits per heavy atom. The number of ether oxygens (including phenoxy) is 1. The van der Waals surface area contributed by atoms with E-state index in [1.165, 1.54) is 19.2 Å². The Morgan fingerprint density at radius 1 is 1.19 bits per heavy atom. The summed E-state index contributed by atoms with van der Waals surface area (Å²) in [5.41, 5.74) is 1.24. The molecule has 0 aliphatic carbocycles. The van der Waals surface area contributed by atoms with Crippen LogP contribution in [0.25, 0.3) is 0 Å². The van der Waals surface area contributed by atoms with E-state index >= 15 is 0 Å². The van der Waals surface area contributed by atoms with Gasteiger partial charge in [-0.25, -0.2) is 0 Å². The number of methoxy groups -OCH3 is 1. The third-order valence-electron chi connectivity index (χ3n) is 2.45. The highest BCUT2D eigenvalue weighted by Crippen LogP contribution is 2.38. The maximum Gasteiger partial charge on any atom is 0.418 e. The minimum Gasteiger partial charge on any atom is -0.496 e. The van der Waals surface area contributed by atoms with Crippen LogP contribution < -0.4 is 4.74 Å². The fraction of sp³-hybridized carbons (Fsp3) is 0.455. The lowest BCUT2D eigenvalue weighted by molar-refractivity contribution is -0.207. The number of aryl methyl sites for hydroxylation is 2. The number of aliphatic hydroxyl groups excluding tert-OH is 1. The quantitative estimate of drug-likeness (QED) is 0.852. The predicted octanol–water partition coefficient (Wildman–Crippen LogP) is 2.91. The fourth-order valence-corrected chi connectivity index (χ4v) is 1.38. The molecule has 0 fully saturated rings. The second kappa shape index (κ2) is 4.33. The first kappa shape index (κ1) is 12.8.